The Bertz CT molecular complexity index is 616. The molecule has 0 aliphatic rings. The number of urea groups is 1. The largest absolute Gasteiger partial charge is 0.508 e. The molecule has 5 heteroatoms. The van der Waals surface area contributed by atoms with Gasteiger partial charge in [0.05, 0.1) is 6.54 Å². The number of aromatic hydroxyl groups is 1. The minimum absolute atomic E-state index is 0.176. The van der Waals surface area contributed by atoms with Crippen LogP contribution in [0, 0.1) is 0 Å². The Labute approximate surface area is 122 Å². The van der Waals surface area contributed by atoms with Crippen LogP contribution in [0.2, 0.25) is 5.02 Å². The van der Waals surface area contributed by atoms with Crippen molar-refractivity contribution in [3.8, 4) is 5.75 Å². The van der Waals surface area contributed by atoms with Crippen molar-refractivity contribution in [3.63, 3.8) is 0 Å². The van der Waals surface area contributed by atoms with E-state index < -0.39 is 0 Å². The Morgan fingerprint density at radius 1 is 1.25 bits per heavy atom. The van der Waals surface area contributed by atoms with Crippen LogP contribution in [0.4, 0.5) is 10.5 Å². The molecule has 0 atom stereocenters. The maximum Gasteiger partial charge on any atom is 0.321 e. The van der Waals surface area contributed by atoms with E-state index >= 15 is 0 Å². The lowest BCUT2D eigenvalue weighted by Gasteiger charge is -2.18. The highest BCUT2D eigenvalue weighted by Gasteiger charge is 2.11. The molecule has 2 rings (SSSR count). The number of anilines is 1. The predicted octanol–water partition coefficient (Wildman–Crippen LogP) is 3.71. The van der Waals surface area contributed by atoms with Gasteiger partial charge in [0.25, 0.3) is 0 Å². The van der Waals surface area contributed by atoms with Crippen molar-refractivity contribution in [3.05, 3.63) is 59.1 Å². The summed E-state index contributed by atoms with van der Waals surface area (Å²) in [5.74, 6) is 0.176. The van der Waals surface area contributed by atoms with Crippen LogP contribution in [-0.4, -0.2) is 23.1 Å². The highest BCUT2D eigenvalue weighted by atomic mass is 35.5. The van der Waals surface area contributed by atoms with Gasteiger partial charge in [-0.05, 0) is 24.3 Å². The standard InChI is InChI=1S/C15H15ClN2O2/c1-18(10-11-5-2-3-8-14(11)19)15(20)17-13-7-4-6-12(16)9-13/h2-9,19H,10H2,1H3,(H,17,20). The van der Waals surface area contributed by atoms with Gasteiger partial charge < -0.3 is 15.3 Å². The summed E-state index contributed by atoms with van der Waals surface area (Å²) in [6.45, 7) is 0.319. The molecule has 4 nitrogen and oxygen atoms in total. The molecule has 0 spiro atoms. The molecule has 0 radical (unpaired) electrons. The lowest BCUT2D eigenvalue weighted by molar-refractivity contribution is 0.220. The second-order valence-electron chi connectivity index (χ2n) is 4.43. The first-order valence-corrected chi connectivity index (χ1v) is 6.48. The smallest absolute Gasteiger partial charge is 0.321 e. The van der Waals surface area contributed by atoms with E-state index in [2.05, 4.69) is 5.32 Å². The summed E-state index contributed by atoms with van der Waals surface area (Å²) in [7, 11) is 1.66. The van der Waals surface area contributed by atoms with E-state index in [0.29, 0.717) is 22.8 Å². The summed E-state index contributed by atoms with van der Waals surface area (Å²) < 4.78 is 0. The fourth-order valence-electron chi connectivity index (χ4n) is 1.76. The molecule has 2 N–H and O–H groups in total. The normalized spacial score (nSPS) is 10.1. The van der Waals surface area contributed by atoms with Crippen LogP contribution in [0.3, 0.4) is 0 Å². The van der Waals surface area contributed by atoms with E-state index in [1.165, 1.54) is 4.90 Å². The highest BCUT2D eigenvalue weighted by molar-refractivity contribution is 6.30. The Hall–Kier alpha value is -2.20. The lowest BCUT2D eigenvalue weighted by Crippen LogP contribution is -2.30. The van der Waals surface area contributed by atoms with Crippen molar-refractivity contribution >= 4 is 23.3 Å². The number of phenols is 1. The average molecular weight is 291 g/mol. The minimum Gasteiger partial charge on any atom is -0.508 e. The molecule has 2 amide bonds. The van der Waals surface area contributed by atoms with E-state index in [-0.39, 0.29) is 11.8 Å². The van der Waals surface area contributed by atoms with Crippen LogP contribution in [0.1, 0.15) is 5.56 Å². The number of hydrogen-bond donors (Lipinski definition) is 2. The Kier molecular flexibility index (Phi) is 4.48. The molecule has 0 bridgehead atoms. The first-order chi connectivity index (χ1) is 9.56. The molecule has 0 aliphatic carbocycles. The molecule has 2 aromatic rings. The third-order valence-electron chi connectivity index (χ3n) is 2.82. The number of para-hydroxylation sites is 1. The van der Waals surface area contributed by atoms with Crippen LogP contribution in [0.25, 0.3) is 0 Å². The summed E-state index contributed by atoms with van der Waals surface area (Å²) in [6, 6.07) is 13.6. The van der Waals surface area contributed by atoms with E-state index in [1.807, 2.05) is 6.07 Å². The first kappa shape index (κ1) is 14.2. The zero-order chi connectivity index (χ0) is 14.5. The van der Waals surface area contributed by atoms with Gasteiger partial charge in [-0.1, -0.05) is 35.9 Å². The number of nitrogens with one attached hydrogen (secondary N) is 1. The van der Waals surface area contributed by atoms with Crippen LogP contribution in [-0.2, 0) is 6.54 Å². The van der Waals surface area contributed by atoms with Gasteiger partial charge >= 0.3 is 6.03 Å². The number of benzene rings is 2. The monoisotopic (exact) mass is 290 g/mol. The van der Waals surface area contributed by atoms with Gasteiger partial charge in [0.2, 0.25) is 0 Å². The minimum atomic E-state index is -0.268. The number of hydrogen-bond acceptors (Lipinski definition) is 2. The van der Waals surface area contributed by atoms with Gasteiger partial charge in [0.15, 0.2) is 0 Å². The average Bonchev–Trinajstić information content (AvgIpc) is 2.41. The molecule has 20 heavy (non-hydrogen) atoms. The number of amides is 2. The van der Waals surface area contributed by atoms with Gasteiger partial charge in [-0.3, -0.25) is 0 Å². The molecule has 0 saturated heterocycles. The molecule has 0 unspecified atom stereocenters. The molecular weight excluding hydrogens is 276 g/mol. The molecule has 0 fully saturated rings. The molecule has 0 heterocycles. The van der Waals surface area contributed by atoms with Gasteiger partial charge in [0.1, 0.15) is 5.75 Å². The fourth-order valence-corrected chi connectivity index (χ4v) is 1.95. The molecule has 0 aromatic heterocycles. The lowest BCUT2D eigenvalue weighted by atomic mass is 10.2. The van der Waals surface area contributed by atoms with Crippen molar-refractivity contribution in [1.82, 2.24) is 4.90 Å². The van der Waals surface area contributed by atoms with Crippen molar-refractivity contribution < 1.29 is 9.90 Å². The van der Waals surface area contributed by atoms with Crippen LogP contribution < -0.4 is 5.32 Å². The van der Waals surface area contributed by atoms with Crippen molar-refractivity contribution in [2.45, 2.75) is 6.54 Å². The second kappa shape index (κ2) is 6.30. The van der Waals surface area contributed by atoms with Gasteiger partial charge in [-0.15, -0.1) is 0 Å². The van der Waals surface area contributed by atoms with Crippen LogP contribution in [0.15, 0.2) is 48.5 Å². The number of carbonyl (C=O) groups is 1. The SMILES string of the molecule is CN(Cc1ccccc1O)C(=O)Nc1cccc(Cl)c1. The number of nitrogens with zero attached hydrogens (tertiary/aromatic N) is 1. The molecule has 0 aliphatic heterocycles. The quantitative estimate of drug-likeness (QED) is 0.905. The van der Waals surface area contributed by atoms with Crippen LogP contribution in [0.5, 0.6) is 5.75 Å². The predicted molar refractivity (Wildman–Crippen MR) is 80.0 cm³/mol. The Balaban J connectivity index is 2.01. The summed E-state index contributed by atoms with van der Waals surface area (Å²) >= 11 is 5.86. The number of halogens is 1. The van der Waals surface area contributed by atoms with Crippen LogP contribution >= 0.6 is 11.6 Å². The zero-order valence-corrected chi connectivity index (χ0v) is 11.8. The van der Waals surface area contributed by atoms with Crippen molar-refractivity contribution in [1.29, 1.82) is 0 Å². The summed E-state index contributed by atoms with van der Waals surface area (Å²) in [4.78, 5) is 13.5. The zero-order valence-electron chi connectivity index (χ0n) is 11.0. The Morgan fingerprint density at radius 2 is 2.00 bits per heavy atom. The summed E-state index contributed by atoms with van der Waals surface area (Å²) in [6.07, 6.45) is 0. The third-order valence-corrected chi connectivity index (χ3v) is 3.06. The molecular formula is C15H15ClN2O2. The van der Waals surface area contributed by atoms with E-state index in [0.717, 1.165) is 0 Å². The van der Waals surface area contributed by atoms with Gasteiger partial charge in [-0.2, -0.15) is 0 Å². The first-order valence-electron chi connectivity index (χ1n) is 6.11. The van der Waals surface area contributed by atoms with Gasteiger partial charge in [-0.25, -0.2) is 4.79 Å². The number of rotatable bonds is 3. The summed E-state index contributed by atoms with van der Waals surface area (Å²) in [5.41, 5.74) is 1.32. The van der Waals surface area contributed by atoms with E-state index in [1.54, 1.807) is 49.5 Å². The molecule has 0 saturated carbocycles. The maximum atomic E-state index is 12.0. The Morgan fingerprint density at radius 3 is 2.70 bits per heavy atom. The van der Waals surface area contributed by atoms with E-state index in [9.17, 15) is 9.90 Å². The maximum absolute atomic E-state index is 12.0. The summed E-state index contributed by atoms with van der Waals surface area (Å²) in [5, 5.41) is 13.0. The van der Waals surface area contributed by atoms with Gasteiger partial charge in [0, 0.05) is 23.3 Å². The number of phenolic OH excluding ortho intramolecular Hbond substituents is 1. The highest BCUT2D eigenvalue weighted by Crippen LogP contribution is 2.18. The van der Waals surface area contributed by atoms with Crippen molar-refractivity contribution in [2.24, 2.45) is 0 Å². The number of carbonyl (C=O) groups excluding carboxylic acids is 1. The third kappa shape index (κ3) is 3.65. The van der Waals surface area contributed by atoms with Crippen molar-refractivity contribution in [2.75, 3.05) is 12.4 Å². The van der Waals surface area contributed by atoms with E-state index in [4.69, 9.17) is 11.6 Å². The molecule has 2 aromatic carbocycles. The fraction of sp³-hybridized carbons (Fsp3) is 0.133. The second-order valence-corrected chi connectivity index (χ2v) is 4.86. The topological polar surface area (TPSA) is 52.6 Å². The molecule has 104 valence electrons.